The molecule has 21 heavy (non-hydrogen) atoms. The van der Waals surface area contributed by atoms with Crippen molar-refractivity contribution in [2.45, 2.75) is 45.8 Å². The van der Waals surface area contributed by atoms with Crippen LogP contribution in [0.25, 0.3) is 0 Å². The quantitative estimate of drug-likeness (QED) is 0.799. The Morgan fingerprint density at radius 2 is 2.24 bits per heavy atom. The van der Waals surface area contributed by atoms with E-state index in [1.54, 1.807) is 0 Å². The largest absolute Gasteiger partial charge is 0.394 e. The monoisotopic (exact) mass is 294 g/mol. The van der Waals surface area contributed by atoms with Crippen LogP contribution >= 0.6 is 0 Å². The van der Waals surface area contributed by atoms with Crippen LogP contribution in [0.15, 0.2) is 6.07 Å². The molecule has 1 unspecified atom stereocenters. The molecule has 2 N–H and O–H groups in total. The van der Waals surface area contributed by atoms with Gasteiger partial charge < -0.3 is 20.1 Å². The maximum Gasteiger partial charge on any atom is 0.158 e. The smallest absolute Gasteiger partial charge is 0.158 e. The second-order valence-electron chi connectivity index (χ2n) is 5.22. The van der Waals surface area contributed by atoms with E-state index in [0.29, 0.717) is 19.0 Å². The molecule has 118 valence electrons. The first-order chi connectivity index (χ1) is 10.3. The maximum atomic E-state index is 9.58. The zero-order valence-corrected chi connectivity index (χ0v) is 13.0. The Morgan fingerprint density at radius 1 is 1.38 bits per heavy atom. The summed E-state index contributed by atoms with van der Waals surface area (Å²) < 4.78 is 5.43. The van der Waals surface area contributed by atoms with Gasteiger partial charge in [0, 0.05) is 25.8 Å². The highest BCUT2D eigenvalue weighted by Crippen LogP contribution is 2.25. The van der Waals surface area contributed by atoms with Crippen LogP contribution in [0.1, 0.15) is 38.9 Å². The zero-order chi connectivity index (χ0) is 15.1. The van der Waals surface area contributed by atoms with Gasteiger partial charge in [0.1, 0.15) is 18.2 Å². The third kappa shape index (κ3) is 4.28. The molecule has 6 nitrogen and oxygen atoms in total. The van der Waals surface area contributed by atoms with Gasteiger partial charge in [-0.3, -0.25) is 0 Å². The molecule has 1 aromatic heterocycles. The number of anilines is 2. The molecule has 0 spiro atoms. The summed E-state index contributed by atoms with van der Waals surface area (Å²) in [6.45, 7) is 6.98. The second kappa shape index (κ2) is 8.14. The molecule has 2 heterocycles. The third-order valence-electron chi connectivity index (χ3n) is 3.68. The van der Waals surface area contributed by atoms with Gasteiger partial charge in [0.25, 0.3) is 0 Å². The van der Waals surface area contributed by atoms with Crippen LogP contribution in [-0.2, 0) is 11.3 Å². The van der Waals surface area contributed by atoms with Crippen molar-refractivity contribution in [3.05, 3.63) is 11.9 Å². The molecule has 0 saturated carbocycles. The van der Waals surface area contributed by atoms with Crippen LogP contribution in [0.5, 0.6) is 0 Å². The molecule has 0 bridgehead atoms. The molecule has 0 aromatic carbocycles. The number of aromatic nitrogens is 2. The molecular formula is C15H26N4O2. The molecule has 0 amide bonds. The molecule has 0 aliphatic carbocycles. The van der Waals surface area contributed by atoms with E-state index >= 15 is 0 Å². The number of aliphatic hydroxyl groups is 1. The average molecular weight is 294 g/mol. The minimum atomic E-state index is 0.156. The molecule has 6 heteroatoms. The van der Waals surface area contributed by atoms with E-state index < -0.39 is 0 Å². The fourth-order valence-corrected chi connectivity index (χ4v) is 2.65. The van der Waals surface area contributed by atoms with Crippen molar-refractivity contribution in [1.82, 2.24) is 9.97 Å². The number of nitrogens with one attached hydrogen (secondary N) is 1. The number of nitrogens with zero attached hydrogens (tertiary/aromatic N) is 3. The molecule has 1 aliphatic rings. The predicted molar refractivity (Wildman–Crippen MR) is 83.6 cm³/mol. The van der Waals surface area contributed by atoms with E-state index in [1.165, 1.54) is 6.42 Å². The highest BCUT2D eigenvalue weighted by Gasteiger charge is 2.23. The Bertz CT molecular complexity index is 442. The van der Waals surface area contributed by atoms with Crippen LogP contribution in [0.3, 0.4) is 0 Å². The zero-order valence-electron chi connectivity index (χ0n) is 13.0. The fraction of sp³-hybridized carbons (Fsp3) is 0.733. The first-order valence-electron chi connectivity index (χ1n) is 7.85. The minimum absolute atomic E-state index is 0.156. The lowest BCUT2D eigenvalue weighted by Crippen LogP contribution is -2.42. The van der Waals surface area contributed by atoms with E-state index in [1.807, 2.05) is 19.9 Å². The van der Waals surface area contributed by atoms with Gasteiger partial charge in [-0.05, 0) is 33.1 Å². The third-order valence-corrected chi connectivity index (χ3v) is 3.68. The van der Waals surface area contributed by atoms with Crippen LogP contribution < -0.4 is 10.2 Å². The molecule has 1 saturated heterocycles. The summed E-state index contributed by atoms with van der Waals surface area (Å²) in [6.07, 6.45) is 3.31. The Balaban J connectivity index is 2.24. The van der Waals surface area contributed by atoms with Gasteiger partial charge in [-0.25, -0.2) is 9.97 Å². The Morgan fingerprint density at radius 3 is 2.95 bits per heavy atom. The average Bonchev–Trinajstić information content (AvgIpc) is 2.53. The van der Waals surface area contributed by atoms with Gasteiger partial charge in [0.15, 0.2) is 5.82 Å². The van der Waals surface area contributed by atoms with Gasteiger partial charge in [0.2, 0.25) is 0 Å². The highest BCUT2D eigenvalue weighted by atomic mass is 16.5. The number of piperidine rings is 1. The number of aliphatic hydroxyl groups excluding tert-OH is 1. The summed E-state index contributed by atoms with van der Waals surface area (Å²) in [5.74, 6) is 2.39. The molecule has 0 radical (unpaired) electrons. The van der Waals surface area contributed by atoms with Crippen molar-refractivity contribution in [2.24, 2.45) is 0 Å². The van der Waals surface area contributed by atoms with Crippen molar-refractivity contribution < 1.29 is 9.84 Å². The lowest BCUT2D eigenvalue weighted by Gasteiger charge is -2.35. The number of rotatable bonds is 7. The number of ether oxygens (including phenoxy) is 1. The van der Waals surface area contributed by atoms with Gasteiger partial charge in [0.05, 0.1) is 12.6 Å². The summed E-state index contributed by atoms with van der Waals surface area (Å²) in [7, 11) is 0. The summed E-state index contributed by atoms with van der Waals surface area (Å²) in [5.41, 5.74) is 0. The van der Waals surface area contributed by atoms with Crippen LogP contribution in [0.4, 0.5) is 11.6 Å². The first-order valence-corrected chi connectivity index (χ1v) is 7.85. The number of hydrogen-bond donors (Lipinski definition) is 2. The van der Waals surface area contributed by atoms with Crippen LogP contribution in [0.2, 0.25) is 0 Å². The summed E-state index contributed by atoms with van der Waals surface area (Å²) in [6, 6.07) is 2.12. The lowest BCUT2D eigenvalue weighted by molar-refractivity contribution is 0.128. The minimum Gasteiger partial charge on any atom is -0.394 e. The Kier molecular flexibility index (Phi) is 6.20. The van der Waals surface area contributed by atoms with Gasteiger partial charge in [-0.2, -0.15) is 0 Å². The maximum absolute atomic E-state index is 9.58. The summed E-state index contributed by atoms with van der Waals surface area (Å²) in [5, 5.41) is 12.8. The standard InChI is InChI=1S/C15H26N4O2/c1-3-16-13-9-15(18-14(17-13)11-21-4-2)19-8-6-5-7-12(19)10-20/h9,12,20H,3-8,10-11H2,1-2H3,(H,16,17,18). The molecule has 2 rings (SSSR count). The first kappa shape index (κ1) is 16.0. The van der Waals surface area contributed by atoms with E-state index in [9.17, 15) is 5.11 Å². The molecule has 1 aliphatic heterocycles. The van der Waals surface area contributed by atoms with Crippen molar-refractivity contribution in [3.8, 4) is 0 Å². The summed E-state index contributed by atoms with van der Waals surface area (Å²) >= 11 is 0. The lowest BCUT2D eigenvalue weighted by atomic mass is 10.0. The topological polar surface area (TPSA) is 70.5 Å². The van der Waals surface area contributed by atoms with Gasteiger partial charge in [-0.15, -0.1) is 0 Å². The highest BCUT2D eigenvalue weighted by molar-refractivity contribution is 5.50. The van der Waals surface area contributed by atoms with Crippen LogP contribution in [-0.4, -0.2) is 47.4 Å². The fourth-order valence-electron chi connectivity index (χ4n) is 2.65. The van der Waals surface area contributed by atoms with Crippen molar-refractivity contribution in [1.29, 1.82) is 0 Å². The SMILES string of the molecule is CCNc1cc(N2CCCCC2CO)nc(COCC)n1. The Hall–Kier alpha value is -1.40. The second-order valence-corrected chi connectivity index (χ2v) is 5.22. The van der Waals surface area contributed by atoms with Gasteiger partial charge in [-0.1, -0.05) is 0 Å². The molecular weight excluding hydrogens is 268 g/mol. The molecule has 1 atom stereocenters. The van der Waals surface area contributed by atoms with Crippen molar-refractivity contribution >= 4 is 11.6 Å². The van der Waals surface area contributed by atoms with E-state index in [2.05, 4.69) is 20.2 Å². The normalized spacial score (nSPS) is 18.8. The Labute approximate surface area is 126 Å². The predicted octanol–water partition coefficient (Wildman–Crippen LogP) is 1.80. The van der Waals surface area contributed by atoms with E-state index in [-0.39, 0.29) is 12.6 Å². The molecule has 1 aromatic rings. The molecule has 1 fully saturated rings. The summed E-state index contributed by atoms with van der Waals surface area (Å²) in [4.78, 5) is 11.3. The van der Waals surface area contributed by atoms with E-state index in [4.69, 9.17) is 4.74 Å². The van der Waals surface area contributed by atoms with E-state index in [0.717, 1.165) is 37.6 Å². The van der Waals surface area contributed by atoms with Crippen molar-refractivity contribution in [2.75, 3.05) is 36.5 Å². The number of hydrogen-bond acceptors (Lipinski definition) is 6. The van der Waals surface area contributed by atoms with Crippen LogP contribution in [0, 0.1) is 0 Å². The van der Waals surface area contributed by atoms with Crippen molar-refractivity contribution in [3.63, 3.8) is 0 Å². The van der Waals surface area contributed by atoms with Gasteiger partial charge >= 0.3 is 0 Å².